The summed E-state index contributed by atoms with van der Waals surface area (Å²) in [4.78, 5) is 7.32. The lowest BCUT2D eigenvalue weighted by Gasteiger charge is -2.09. The Kier molecular flexibility index (Phi) is 3.78. The SMILES string of the molecule is CC(C)c1nc(=S)cc(-c2ccc(Cl)cc2F)[nH]1. The van der Waals surface area contributed by atoms with Crippen LogP contribution in [0.3, 0.4) is 0 Å². The molecule has 1 aromatic carbocycles. The Bertz CT molecular complexity index is 637. The van der Waals surface area contributed by atoms with Crippen LogP contribution in [0.15, 0.2) is 24.3 Å². The van der Waals surface area contributed by atoms with Gasteiger partial charge in [0.1, 0.15) is 16.3 Å². The topological polar surface area (TPSA) is 28.7 Å². The number of hydrogen-bond donors (Lipinski definition) is 1. The van der Waals surface area contributed by atoms with E-state index >= 15 is 0 Å². The minimum atomic E-state index is -0.381. The number of rotatable bonds is 2. The van der Waals surface area contributed by atoms with Gasteiger partial charge in [0.05, 0.1) is 5.69 Å². The highest BCUT2D eigenvalue weighted by Crippen LogP contribution is 2.24. The average molecular weight is 283 g/mol. The summed E-state index contributed by atoms with van der Waals surface area (Å²) in [6.45, 7) is 3.99. The van der Waals surface area contributed by atoms with E-state index in [4.69, 9.17) is 23.8 Å². The van der Waals surface area contributed by atoms with Crippen molar-refractivity contribution in [2.24, 2.45) is 0 Å². The minimum absolute atomic E-state index is 0.196. The molecular formula is C13H12ClFN2S. The van der Waals surface area contributed by atoms with Crippen molar-refractivity contribution in [2.45, 2.75) is 19.8 Å². The fourth-order valence-electron chi connectivity index (χ4n) is 1.60. The average Bonchev–Trinajstić information content (AvgIpc) is 2.27. The summed E-state index contributed by atoms with van der Waals surface area (Å²) in [6, 6.07) is 6.20. The second-order valence-electron chi connectivity index (χ2n) is 4.30. The number of H-pyrrole nitrogens is 1. The van der Waals surface area contributed by atoms with Crippen LogP contribution in [-0.4, -0.2) is 9.97 Å². The van der Waals surface area contributed by atoms with E-state index in [2.05, 4.69) is 9.97 Å². The van der Waals surface area contributed by atoms with E-state index in [9.17, 15) is 4.39 Å². The van der Waals surface area contributed by atoms with Crippen molar-refractivity contribution in [1.82, 2.24) is 9.97 Å². The monoisotopic (exact) mass is 282 g/mol. The Morgan fingerprint density at radius 2 is 2.06 bits per heavy atom. The van der Waals surface area contributed by atoms with Gasteiger partial charge in [-0.15, -0.1) is 0 Å². The Morgan fingerprint density at radius 1 is 1.33 bits per heavy atom. The van der Waals surface area contributed by atoms with Gasteiger partial charge in [-0.3, -0.25) is 0 Å². The molecule has 0 spiro atoms. The van der Waals surface area contributed by atoms with Gasteiger partial charge >= 0.3 is 0 Å². The molecule has 0 aliphatic heterocycles. The molecular weight excluding hydrogens is 271 g/mol. The van der Waals surface area contributed by atoms with Crippen LogP contribution in [0.25, 0.3) is 11.3 Å². The quantitative estimate of drug-likeness (QED) is 0.807. The van der Waals surface area contributed by atoms with Crippen LogP contribution in [-0.2, 0) is 0 Å². The van der Waals surface area contributed by atoms with Crippen molar-refractivity contribution >= 4 is 23.8 Å². The molecule has 0 amide bonds. The van der Waals surface area contributed by atoms with E-state index in [1.165, 1.54) is 6.07 Å². The summed E-state index contributed by atoms with van der Waals surface area (Å²) in [5.41, 5.74) is 1.06. The molecule has 0 saturated carbocycles. The molecule has 2 nitrogen and oxygen atoms in total. The highest BCUT2D eigenvalue weighted by Gasteiger charge is 2.09. The summed E-state index contributed by atoms with van der Waals surface area (Å²) in [5, 5.41) is 0.369. The molecule has 1 N–H and O–H groups in total. The molecule has 94 valence electrons. The molecule has 2 aromatic rings. The first-order valence-electron chi connectivity index (χ1n) is 5.54. The minimum Gasteiger partial charge on any atom is -0.343 e. The molecule has 18 heavy (non-hydrogen) atoms. The number of aromatic nitrogens is 2. The molecule has 0 saturated heterocycles. The van der Waals surface area contributed by atoms with E-state index < -0.39 is 0 Å². The molecule has 1 aromatic heterocycles. The predicted molar refractivity (Wildman–Crippen MR) is 73.9 cm³/mol. The van der Waals surface area contributed by atoms with Crippen molar-refractivity contribution in [3.8, 4) is 11.3 Å². The Hall–Kier alpha value is -1.26. The van der Waals surface area contributed by atoms with Gasteiger partial charge in [-0.2, -0.15) is 0 Å². The summed E-state index contributed by atoms with van der Waals surface area (Å²) in [7, 11) is 0. The highest BCUT2D eigenvalue weighted by atomic mass is 35.5. The molecule has 0 unspecified atom stereocenters. The van der Waals surface area contributed by atoms with Crippen LogP contribution in [0.5, 0.6) is 0 Å². The number of nitrogens with one attached hydrogen (secondary N) is 1. The van der Waals surface area contributed by atoms with Crippen LogP contribution >= 0.6 is 23.8 Å². The van der Waals surface area contributed by atoms with Gasteiger partial charge in [0, 0.05) is 16.5 Å². The Balaban J connectivity index is 2.60. The van der Waals surface area contributed by atoms with Crippen LogP contribution in [0.4, 0.5) is 4.39 Å². The summed E-state index contributed by atoms with van der Waals surface area (Å²) < 4.78 is 14.3. The first kappa shape index (κ1) is 13.2. The molecule has 5 heteroatoms. The zero-order valence-electron chi connectivity index (χ0n) is 10.00. The molecule has 1 heterocycles. The lowest BCUT2D eigenvalue weighted by molar-refractivity contribution is 0.630. The van der Waals surface area contributed by atoms with E-state index in [1.807, 2.05) is 13.8 Å². The lowest BCUT2D eigenvalue weighted by Crippen LogP contribution is -2.00. The van der Waals surface area contributed by atoms with Crippen molar-refractivity contribution in [2.75, 3.05) is 0 Å². The van der Waals surface area contributed by atoms with Gasteiger partial charge in [-0.05, 0) is 24.3 Å². The van der Waals surface area contributed by atoms with Gasteiger partial charge in [0.25, 0.3) is 0 Å². The first-order chi connectivity index (χ1) is 8.47. The van der Waals surface area contributed by atoms with E-state index in [-0.39, 0.29) is 11.7 Å². The van der Waals surface area contributed by atoms with Crippen molar-refractivity contribution in [1.29, 1.82) is 0 Å². The lowest BCUT2D eigenvalue weighted by atomic mass is 10.1. The summed E-state index contributed by atoms with van der Waals surface area (Å²) in [5.74, 6) is 0.558. The standard InChI is InChI=1S/C13H12ClFN2S/c1-7(2)13-16-11(6-12(18)17-13)9-4-3-8(14)5-10(9)15/h3-7H,1-2H3,(H,16,17,18). The zero-order valence-corrected chi connectivity index (χ0v) is 11.6. The van der Waals surface area contributed by atoms with E-state index in [1.54, 1.807) is 18.2 Å². The van der Waals surface area contributed by atoms with Crippen LogP contribution in [0.1, 0.15) is 25.6 Å². The van der Waals surface area contributed by atoms with Gasteiger partial charge in [0.2, 0.25) is 0 Å². The number of aromatic amines is 1. The molecule has 2 rings (SSSR count). The van der Waals surface area contributed by atoms with Gasteiger partial charge in [-0.1, -0.05) is 37.7 Å². The number of nitrogens with zero attached hydrogens (tertiary/aromatic N) is 1. The molecule has 0 aliphatic carbocycles. The van der Waals surface area contributed by atoms with Crippen molar-refractivity contribution < 1.29 is 4.39 Å². The fraction of sp³-hybridized carbons (Fsp3) is 0.231. The molecule has 0 aliphatic rings. The Labute approximate surface area is 115 Å². The predicted octanol–water partition coefficient (Wildman–Crippen LogP) is 4.72. The van der Waals surface area contributed by atoms with Crippen LogP contribution in [0.2, 0.25) is 5.02 Å². The third-order valence-electron chi connectivity index (χ3n) is 2.53. The first-order valence-corrected chi connectivity index (χ1v) is 6.32. The van der Waals surface area contributed by atoms with Crippen molar-refractivity contribution in [3.63, 3.8) is 0 Å². The molecule has 0 bridgehead atoms. The van der Waals surface area contributed by atoms with Crippen molar-refractivity contribution in [3.05, 3.63) is 45.6 Å². The normalized spacial score (nSPS) is 10.9. The van der Waals surface area contributed by atoms with E-state index in [0.717, 1.165) is 5.82 Å². The van der Waals surface area contributed by atoms with Gasteiger partial charge in [0.15, 0.2) is 0 Å². The number of hydrogen-bond acceptors (Lipinski definition) is 2. The number of halogens is 2. The zero-order chi connectivity index (χ0) is 13.3. The maximum Gasteiger partial charge on any atom is 0.133 e. The molecule has 0 atom stereocenters. The van der Waals surface area contributed by atoms with Crippen LogP contribution < -0.4 is 0 Å². The smallest absolute Gasteiger partial charge is 0.133 e. The third kappa shape index (κ3) is 2.76. The fourth-order valence-corrected chi connectivity index (χ4v) is 1.98. The van der Waals surface area contributed by atoms with E-state index in [0.29, 0.717) is 20.9 Å². The maximum absolute atomic E-state index is 13.8. The number of benzene rings is 1. The highest BCUT2D eigenvalue weighted by molar-refractivity contribution is 7.71. The van der Waals surface area contributed by atoms with Crippen LogP contribution in [0, 0.1) is 10.5 Å². The molecule has 0 fully saturated rings. The Morgan fingerprint density at radius 3 is 2.67 bits per heavy atom. The molecule has 0 radical (unpaired) electrons. The van der Waals surface area contributed by atoms with Gasteiger partial charge < -0.3 is 4.98 Å². The van der Waals surface area contributed by atoms with Gasteiger partial charge in [-0.25, -0.2) is 9.37 Å². The largest absolute Gasteiger partial charge is 0.343 e. The maximum atomic E-state index is 13.8. The second-order valence-corrected chi connectivity index (χ2v) is 5.15. The summed E-state index contributed by atoms with van der Waals surface area (Å²) in [6.07, 6.45) is 0. The second kappa shape index (κ2) is 5.16. The third-order valence-corrected chi connectivity index (χ3v) is 2.97. The summed E-state index contributed by atoms with van der Waals surface area (Å²) >= 11 is 10.8.